The highest BCUT2D eigenvalue weighted by Gasteiger charge is 2.29. The fraction of sp³-hybridized carbons (Fsp3) is 0.312. The number of carbonyl (C=O) groups is 1. The number of anilines is 1. The van der Waals surface area contributed by atoms with Crippen molar-refractivity contribution < 1.29 is 14.3 Å². The molecule has 2 aromatic rings. The molecule has 4 heteroatoms. The van der Waals surface area contributed by atoms with Gasteiger partial charge < -0.3 is 14.4 Å². The van der Waals surface area contributed by atoms with Crippen LogP contribution in [0.15, 0.2) is 40.8 Å². The highest BCUT2D eigenvalue weighted by Crippen LogP contribution is 2.34. The second-order valence-corrected chi connectivity index (χ2v) is 4.94. The van der Waals surface area contributed by atoms with Crippen LogP contribution in [0.2, 0.25) is 0 Å². The van der Waals surface area contributed by atoms with E-state index in [1.165, 1.54) is 0 Å². The minimum atomic E-state index is -0.502. The van der Waals surface area contributed by atoms with Crippen LogP contribution in [0.1, 0.15) is 41.3 Å². The van der Waals surface area contributed by atoms with Crippen molar-refractivity contribution in [3.63, 3.8) is 0 Å². The summed E-state index contributed by atoms with van der Waals surface area (Å²) in [5.41, 5.74) is 1.57. The molecule has 0 spiro atoms. The molecule has 0 bridgehead atoms. The fourth-order valence-corrected chi connectivity index (χ4v) is 2.57. The topological polar surface area (TPSA) is 53.7 Å². The van der Waals surface area contributed by atoms with Gasteiger partial charge in [-0.25, -0.2) is 0 Å². The number of carbonyl (C=O) groups excluding carboxylic acids is 1. The van der Waals surface area contributed by atoms with E-state index in [0.717, 1.165) is 23.4 Å². The first-order valence-electron chi connectivity index (χ1n) is 6.88. The Bertz CT molecular complexity index is 632. The highest BCUT2D eigenvalue weighted by molar-refractivity contribution is 6.05. The molecule has 1 aliphatic rings. The van der Waals surface area contributed by atoms with Gasteiger partial charge in [-0.1, -0.05) is 25.1 Å². The Balaban J connectivity index is 1.95. The molecule has 20 heavy (non-hydrogen) atoms. The molecule has 104 valence electrons. The zero-order valence-corrected chi connectivity index (χ0v) is 11.4. The second-order valence-electron chi connectivity index (χ2n) is 4.94. The van der Waals surface area contributed by atoms with Gasteiger partial charge in [-0.3, -0.25) is 4.79 Å². The van der Waals surface area contributed by atoms with Crippen molar-refractivity contribution in [3.05, 3.63) is 53.5 Å². The van der Waals surface area contributed by atoms with Gasteiger partial charge in [0.1, 0.15) is 5.76 Å². The van der Waals surface area contributed by atoms with Crippen LogP contribution in [-0.4, -0.2) is 17.6 Å². The smallest absolute Gasteiger partial charge is 0.293 e. The van der Waals surface area contributed by atoms with Crippen molar-refractivity contribution in [3.8, 4) is 0 Å². The summed E-state index contributed by atoms with van der Waals surface area (Å²) in [6.45, 7) is 2.48. The van der Waals surface area contributed by atoms with Crippen LogP contribution in [-0.2, 0) is 6.42 Å². The van der Waals surface area contributed by atoms with Crippen molar-refractivity contribution in [1.29, 1.82) is 0 Å². The quantitative estimate of drug-likeness (QED) is 0.913. The first kappa shape index (κ1) is 12.9. The average molecular weight is 271 g/mol. The van der Waals surface area contributed by atoms with Crippen molar-refractivity contribution in [2.45, 2.75) is 25.9 Å². The summed E-state index contributed by atoms with van der Waals surface area (Å²) in [4.78, 5) is 14.2. The summed E-state index contributed by atoms with van der Waals surface area (Å²) in [5.74, 6) is 1.01. The van der Waals surface area contributed by atoms with E-state index < -0.39 is 6.10 Å². The maximum absolute atomic E-state index is 12.5. The van der Waals surface area contributed by atoms with Crippen molar-refractivity contribution in [2.75, 3.05) is 11.4 Å². The molecular weight excluding hydrogens is 254 g/mol. The van der Waals surface area contributed by atoms with Crippen LogP contribution in [0.25, 0.3) is 0 Å². The van der Waals surface area contributed by atoms with E-state index in [1.807, 2.05) is 37.3 Å². The number of furan rings is 1. The van der Waals surface area contributed by atoms with Gasteiger partial charge in [0.25, 0.3) is 5.91 Å². The normalized spacial score (nSPS) is 17.9. The van der Waals surface area contributed by atoms with Gasteiger partial charge in [0.05, 0.1) is 6.10 Å². The van der Waals surface area contributed by atoms with Gasteiger partial charge in [0.15, 0.2) is 5.76 Å². The highest BCUT2D eigenvalue weighted by atomic mass is 16.4. The molecule has 1 aromatic heterocycles. The lowest BCUT2D eigenvalue weighted by molar-refractivity contribution is 0.0942. The average Bonchev–Trinajstić information content (AvgIpc) is 2.96. The minimum Gasteiger partial charge on any atom is -0.456 e. The summed E-state index contributed by atoms with van der Waals surface area (Å²) < 4.78 is 5.54. The first-order valence-corrected chi connectivity index (χ1v) is 6.88. The number of nitrogens with zero attached hydrogens (tertiary/aromatic N) is 1. The first-order chi connectivity index (χ1) is 9.70. The maximum Gasteiger partial charge on any atom is 0.293 e. The molecule has 1 amide bonds. The molecule has 1 N–H and O–H groups in total. The SMILES string of the molecule is CCc1ccc(C(=O)N2CCC(O)c3ccccc32)o1. The minimum absolute atomic E-state index is 0.149. The van der Waals surface area contributed by atoms with Gasteiger partial charge >= 0.3 is 0 Å². The van der Waals surface area contributed by atoms with Crippen LogP contribution >= 0.6 is 0 Å². The van der Waals surface area contributed by atoms with E-state index in [2.05, 4.69) is 0 Å². The summed E-state index contributed by atoms with van der Waals surface area (Å²) >= 11 is 0. The molecule has 1 aliphatic heterocycles. The van der Waals surface area contributed by atoms with E-state index in [-0.39, 0.29) is 5.91 Å². The Kier molecular flexibility index (Phi) is 3.32. The third-order valence-electron chi connectivity index (χ3n) is 3.68. The molecule has 0 saturated carbocycles. The number of para-hydroxylation sites is 1. The number of aliphatic hydroxyl groups excluding tert-OH is 1. The van der Waals surface area contributed by atoms with Crippen LogP contribution < -0.4 is 4.90 Å². The monoisotopic (exact) mass is 271 g/mol. The van der Waals surface area contributed by atoms with Gasteiger partial charge in [0.2, 0.25) is 0 Å². The van der Waals surface area contributed by atoms with Crippen molar-refractivity contribution in [1.82, 2.24) is 0 Å². The molecular formula is C16H17NO3. The molecule has 3 rings (SSSR count). The number of aliphatic hydroxyl groups is 1. The molecule has 1 aromatic carbocycles. The number of hydrogen-bond acceptors (Lipinski definition) is 3. The third-order valence-corrected chi connectivity index (χ3v) is 3.68. The Hall–Kier alpha value is -2.07. The maximum atomic E-state index is 12.5. The second kappa shape index (κ2) is 5.13. The van der Waals surface area contributed by atoms with Gasteiger partial charge in [0, 0.05) is 24.2 Å². The standard InChI is InChI=1S/C16H17NO3/c1-2-11-7-8-15(20-11)16(19)17-10-9-14(18)12-5-3-4-6-13(12)17/h3-8,14,18H,2,9-10H2,1H3. The number of rotatable bonds is 2. The molecule has 4 nitrogen and oxygen atoms in total. The van der Waals surface area contributed by atoms with E-state index in [4.69, 9.17) is 4.42 Å². The molecule has 1 unspecified atom stereocenters. The number of benzene rings is 1. The summed E-state index contributed by atoms with van der Waals surface area (Å²) in [6.07, 6.45) is 0.810. The number of hydrogen-bond donors (Lipinski definition) is 1. The molecule has 1 atom stereocenters. The van der Waals surface area contributed by atoms with E-state index in [0.29, 0.717) is 18.7 Å². The van der Waals surface area contributed by atoms with Gasteiger partial charge in [-0.05, 0) is 24.6 Å². The zero-order chi connectivity index (χ0) is 14.1. The predicted molar refractivity (Wildman–Crippen MR) is 75.8 cm³/mol. The van der Waals surface area contributed by atoms with Crippen LogP contribution in [0.4, 0.5) is 5.69 Å². The molecule has 2 heterocycles. The lowest BCUT2D eigenvalue weighted by atomic mass is 9.98. The zero-order valence-electron chi connectivity index (χ0n) is 11.4. The largest absolute Gasteiger partial charge is 0.456 e. The lowest BCUT2D eigenvalue weighted by Gasteiger charge is -2.31. The Labute approximate surface area is 117 Å². The van der Waals surface area contributed by atoms with Gasteiger partial charge in [-0.2, -0.15) is 0 Å². The number of fused-ring (bicyclic) bond motifs is 1. The van der Waals surface area contributed by atoms with Crippen molar-refractivity contribution in [2.24, 2.45) is 0 Å². The molecule has 0 fully saturated rings. The molecule has 0 saturated heterocycles. The third kappa shape index (κ3) is 2.12. The lowest BCUT2D eigenvalue weighted by Crippen LogP contribution is -2.36. The molecule has 0 radical (unpaired) electrons. The summed E-state index contributed by atoms with van der Waals surface area (Å²) in [6, 6.07) is 11.0. The number of aryl methyl sites for hydroxylation is 1. The Morgan fingerprint density at radius 2 is 2.15 bits per heavy atom. The molecule has 0 aliphatic carbocycles. The van der Waals surface area contributed by atoms with Crippen LogP contribution in [0, 0.1) is 0 Å². The fourth-order valence-electron chi connectivity index (χ4n) is 2.57. The van der Waals surface area contributed by atoms with Crippen molar-refractivity contribution >= 4 is 11.6 Å². The van der Waals surface area contributed by atoms with E-state index in [1.54, 1.807) is 11.0 Å². The van der Waals surface area contributed by atoms with E-state index >= 15 is 0 Å². The summed E-state index contributed by atoms with van der Waals surface area (Å²) in [7, 11) is 0. The van der Waals surface area contributed by atoms with E-state index in [9.17, 15) is 9.90 Å². The summed E-state index contributed by atoms with van der Waals surface area (Å²) in [5, 5.41) is 10.0. The Morgan fingerprint density at radius 1 is 1.35 bits per heavy atom. The van der Waals surface area contributed by atoms with Crippen LogP contribution in [0.5, 0.6) is 0 Å². The van der Waals surface area contributed by atoms with Crippen LogP contribution in [0.3, 0.4) is 0 Å². The Morgan fingerprint density at radius 3 is 2.90 bits per heavy atom. The predicted octanol–water partition coefficient (Wildman–Crippen LogP) is 2.93. The van der Waals surface area contributed by atoms with Gasteiger partial charge in [-0.15, -0.1) is 0 Å². The number of amides is 1.